The number of carbonyl (C=O) groups excluding carboxylic acids is 2. The molecule has 1 aliphatic carbocycles. The van der Waals surface area contributed by atoms with Crippen LogP contribution in [0.25, 0.3) is 0 Å². The summed E-state index contributed by atoms with van der Waals surface area (Å²) < 4.78 is 6.32. The zero-order valence-electron chi connectivity index (χ0n) is 17.4. The van der Waals surface area contributed by atoms with Crippen molar-refractivity contribution in [2.24, 2.45) is 11.7 Å². The second-order valence-electron chi connectivity index (χ2n) is 9.01. The predicted molar refractivity (Wildman–Crippen MR) is 107 cm³/mol. The number of carbonyl (C=O) groups is 2. The maximum atomic E-state index is 13.4. The zero-order chi connectivity index (χ0) is 19.9. The largest absolute Gasteiger partial charge is 0.367 e. The summed E-state index contributed by atoms with van der Waals surface area (Å²) in [4.78, 5) is 30.9. The molecule has 3 saturated heterocycles. The summed E-state index contributed by atoms with van der Waals surface area (Å²) in [5, 5.41) is 3.26. The molecule has 4 rings (SSSR count). The molecule has 7 heteroatoms. The van der Waals surface area contributed by atoms with Crippen molar-refractivity contribution in [3.8, 4) is 0 Å². The first-order valence-corrected chi connectivity index (χ1v) is 11.3. The molecule has 5 atom stereocenters. The van der Waals surface area contributed by atoms with Gasteiger partial charge in [0.2, 0.25) is 11.8 Å². The zero-order valence-corrected chi connectivity index (χ0v) is 17.4. The quantitative estimate of drug-likeness (QED) is 0.671. The summed E-state index contributed by atoms with van der Waals surface area (Å²) in [6.45, 7) is 7.44. The van der Waals surface area contributed by atoms with E-state index in [-0.39, 0.29) is 35.9 Å². The third-order valence-electron chi connectivity index (χ3n) is 7.61. The fourth-order valence-electron chi connectivity index (χ4n) is 6.04. The molecule has 2 amide bonds. The average molecular weight is 393 g/mol. The van der Waals surface area contributed by atoms with Gasteiger partial charge in [0.1, 0.15) is 11.6 Å². The van der Waals surface area contributed by atoms with E-state index in [0.717, 1.165) is 58.2 Å². The standard InChI is InChI=1S/C21H36N4O3/c1-3-24(4-2)12-13-25-18(19(26)23-14-8-6-5-7-9-14)21-11-10-15(28-21)17(22)16(21)20(25)27/h14-18H,3-13,22H2,1-2H3,(H,23,26). The van der Waals surface area contributed by atoms with Crippen LogP contribution in [-0.4, -0.2) is 77.6 Å². The summed E-state index contributed by atoms with van der Waals surface area (Å²) in [6.07, 6.45) is 7.17. The first-order chi connectivity index (χ1) is 13.5. The highest BCUT2D eigenvalue weighted by Gasteiger charge is 2.72. The number of ether oxygens (including phenoxy) is 1. The molecular weight excluding hydrogens is 356 g/mol. The van der Waals surface area contributed by atoms with Gasteiger partial charge in [0, 0.05) is 25.2 Å². The molecule has 0 radical (unpaired) electrons. The number of hydrogen-bond donors (Lipinski definition) is 2. The van der Waals surface area contributed by atoms with Crippen LogP contribution >= 0.6 is 0 Å². The van der Waals surface area contributed by atoms with Gasteiger partial charge < -0.3 is 25.6 Å². The second kappa shape index (κ2) is 7.92. The van der Waals surface area contributed by atoms with E-state index in [1.807, 2.05) is 0 Å². The van der Waals surface area contributed by atoms with Crippen molar-refractivity contribution in [3.05, 3.63) is 0 Å². The van der Waals surface area contributed by atoms with Crippen LogP contribution in [-0.2, 0) is 14.3 Å². The molecule has 2 bridgehead atoms. The van der Waals surface area contributed by atoms with Gasteiger partial charge in [-0.15, -0.1) is 0 Å². The summed E-state index contributed by atoms with van der Waals surface area (Å²) in [5.41, 5.74) is 5.67. The Morgan fingerprint density at radius 2 is 1.96 bits per heavy atom. The highest BCUT2D eigenvalue weighted by molar-refractivity contribution is 5.96. The normalized spacial score (nSPS) is 37.7. The van der Waals surface area contributed by atoms with Crippen LogP contribution in [0.15, 0.2) is 0 Å². The minimum atomic E-state index is -0.719. The van der Waals surface area contributed by atoms with Crippen LogP contribution < -0.4 is 11.1 Å². The van der Waals surface area contributed by atoms with Crippen LogP contribution in [0.1, 0.15) is 58.8 Å². The first kappa shape index (κ1) is 20.1. The number of hydrogen-bond acceptors (Lipinski definition) is 5. The Labute approximate surface area is 168 Å². The molecule has 1 saturated carbocycles. The van der Waals surface area contributed by atoms with E-state index < -0.39 is 11.6 Å². The third-order valence-corrected chi connectivity index (χ3v) is 7.61. The maximum absolute atomic E-state index is 13.4. The van der Waals surface area contributed by atoms with Gasteiger partial charge in [-0.05, 0) is 38.8 Å². The van der Waals surface area contributed by atoms with E-state index in [4.69, 9.17) is 10.5 Å². The summed E-state index contributed by atoms with van der Waals surface area (Å²) in [6, 6.07) is -0.602. The van der Waals surface area contributed by atoms with E-state index in [0.29, 0.717) is 6.54 Å². The van der Waals surface area contributed by atoms with Crippen molar-refractivity contribution in [3.63, 3.8) is 0 Å². The Morgan fingerprint density at radius 3 is 2.64 bits per heavy atom. The van der Waals surface area contributed by atoms with Crippen LogP contribution in [0.2, 0.25) is 0 Å². The Balaban J connectivity index is 1.56. The van der Waals surface area contributed by atoms with E-state index in [1.54, 1.807) is 4.90 Å². The van der Waals surface area contributed by atoms with Gasteiger partial charge in [0.05, 0.1) is 12.0 Å². The lowest BCUT2D eigenvalue weighted by molar-refractivity contribution is -0.140. The molecule has 28 heavy (non-hydrogen) atoms. The highest BCUT2D eigenvalue weighted by atomic mass is 16.5. The molecule has 1 spiro atoms. The molecule has 3 heterocycles. The van der Waals surface area contributed by atoms with Crippen molar-refractivity contribution in [1.29, 1.82) is 0 Å². The number of nitrogens with zero attached hydrogens (tertiary/aromatic N) is 2. The Kier molecular flexibility index (Phi) is 5.69. The lowest BCUT2D eigenvalue weighted by Gasteiger charge is -2.35. The number of nitrogens with two attached hydrogens (primary N) is 1. The van der Waals surface area contributed by atoms with Crippen molar-refractivity contribution in [1.82, 2.24) is 15.1 Å². The molecule has 7 nitrogen and oxygen atoms in total. The molecule has 3 aliphatic heterocycles. The van der Waals surface area contributed by atoms with Gasteiger partial charge in [-0.1, -0.05) is 33.1 Å². The van der Waals surface area contributed by atoms with Crippen LogP contribution in [0.3, 0.4) is 0 Å². The molecule has 3 N–H and O–H groups in total. The Bertz CT molecular complexity index is 604. The van der Waals surface area contributed by atoms with Gasteiger partial charge in [-0.2, -0.15) is 0 Å². The number of likely N-dealkylation sites (tertiary alicyclic amines) is 1. The Morgan fingerprint density at radius 1 is 1.25 bits per heavy atom. The van der Waals surface area contributed by atoms with Crippen molar-refractivity contribution < 1.29 is 14.3 Å². The molecular formula is C21H36N4O3. The molecule has 0 aromatic carbocycles. The predicted octanol–water partition coefficient (Wildman–Crippen LogP) is 0.863. The first-order valence-electron chi connectivity index (χ1n) is 11.3. The molecule has 0 aromatic heterocycles. The SMILES string of the molecule is CCN(CC)CCN1C(=O)C2C(N)C3CCC2(O3)C1C(=O)NC1CCCCC1. The summed E-state index contributed by atoms with van der Waals surface area (Å²) in [7, 11) is 0. The fraction of sp³-hybridized carbons (Fsp3) is 0.905. The van der Waals surface area contributed by atoms with Gasteiger partial charge in [0.25, 0.3) is 0 Å². The summed E-state index contributed by atoms with van der Waals surface area (Å²) >= 11 is 0. The number of likely N-dealkylation sites (N-methyl/N-ethyl adjacent to an activating group) is 1. The van der Waals surface area contributed by atoms with Crippen molar-refractivity contribution >= 4 is 11.8 Å². The molecule has 0 aromatic rings. The number of nitrogens with one attached hydrogen (secondary N) is 1. The molecule has 4 fully saturated rings. The van der Waals surface area contributed by atoms with E-state index in [9.17, 15) is 9.59 Å². The lowest BCUT2D eigenvalue weighted by Crippen LogP contribution is -2.57. The van der Waals surface area contributed by atoms with Gasteiger partial charge >= 0.3 is 0 Å². The summed E-state index contributed by atoms with van der Waals surface area (Å²) in [5.74, 6) is -0.382. The van der Waals surface area contributed by atoms with Gasteiger partial charge in [0.15, 0.2) is 0 Å². The van der Waals surface area contributed by atoms with E-state index in [1.165, 1.54) is 6.42 Å². The topological polar surface area (TPSA) is 87.9 Å². The van der Waals surface area contributed by atoms with E-state index in [2.05, 4.69) is 24.1 Å². The number of fused-ring (bicyclic) bond motifs is 1. The maximum Gasteiger partial charge on any atom is 0.246 e. The van der Waals surface area contributed by atoms with Crippen LogP contribution in [0.4, 0.5) is 0 Å². The smallest absolute Gasteiger partial charge is 0.246 e. The van der Waals surface area contributed by atoms with Crippen LogP contribution in [0, 0.1) is 5.92 Å². The molecule has 4 aliphatic rings. The lowest BCUT2D eigenvalue weighted by atomic mass is 9.74. The third kappa shape index (κ3) is 3.15. The van der Waals surface area contributed by atoms with Crippen molar-refractivity contribution in [2.45, 2.75) is 88.6 Å². The Hall–Kier alpha value is -1.18. The number of rotatable bonds is 7. The molecule has 158 valence electrons. The van der Waals surface area contributed by atoms with Crippen molar-refractivity contribution in [2.75, 3.05) is 26.2 Å². The van der Waals surface area contributed by atoms with Gasteiger partial charge in [-0.25, -0.2) is 0 Å². The minimum absolute atomic E-state index is 0.0191. The van der Waals surface area contributed by atoms with Gasteiger partial charge in [-0.3, -0.25) is 9.59 Å². The average Bonchev–Trinajstić information content (AvgIpc) is 3.32. The highest BCUT2D eigenvalue weighted by Crippen LogP contribution is 2.55. The second-order valence-corrected chi connectivity index (χ2v) is 9.01. The monoisotopic (exact) mass is 392 g/mol. The van der Waals surface area contributed by atoms with Crippen LogP contribution in [0.5, 0.6) is 0 Å². The molecule has 5 unspecified atom stereocenters. The minimum Gasteiger partial charge on any atom is -0.367 e. The van der Waals surface area contributed by atoms with E-state index >= 15 is 0 Å². The number of amides is 2. The fourth-order valence-corrected chi connectivity index (χ4v) is 6.04.